The third-order valence-corrected chi connectivity index (χ3v) is 2.97. The molecule has 0 bridgehead atoms. The van der Waals surface area contributed by atoms with Crippen molar-refractivity contribution >= 4 is 5.91 Å². The van der Waals surface area contributed by atoms with E-state index in [1.165, 1.54) is 12.1 Å². The number of carbonyl (C=O) groups excluding carboxylic acids is 1. The Morgan fingerprint density at radius 2 is 1.95 bits per heavy atom. The smallest absolute Gasteiger partial charge is 0.251 e. The van der Waals surface area contributed by atoms with Crippen LogP contribution in [-0.4, -0.2) is 5.91 Å². The molecule has 0 atom stereocenters. The molecule has 2 aromatic carbocycles. The molecule has 0 unspecified atom stereocenters. The number of amides is 1. The lowest BCUT2D eigenvalue weighted by Gasteiger charge is -2.08. The first kappa shape index (κ1) is 13.3. The summed E-state index contributed by atoms with van der Waals surface area (Å²) < 4.78 is 13.0. The molecule has 3 heteroatoms. The van der Waals surface area contributed by atoms with E-state index in [0.717, 1.165) is 16.7 Å². The molecule has 2 nitrogen and oxygen atoms in total. The highest BCUT2D eigenvalue weighted by atomic mass is 19.1. The lowest BCUT2D eigenvalue weighted by atomic mass is 10.1. The lowest BCUT2D eigenvalue weighted by molar-refractivity contribution is 0.0950. The second kappa shape index (κ2) is 5.65. The number of aryl methyl sites for hydroxylation is 2. The lowest BCUT2D eigenvalue weighted by Crippen LogP contribution is -2.23. The van der Waals surface area contributed by atoms with Crippen LogP contribution < -0.4 is 5.32 Å². The first-order chi connectivity index (χ1) is 9.06. The van der Waals surface area contributed by atoms with Gasteiger partial charge < -0.3 is 5.32 Å². The summed E-state index contributed by atoms with van der Waals surface area (Å²) in [6.07, 6.45) is 0. The van der Waals surface area contributed by atoms with Crippen LogP contribution in [0.25, 0.3) is 0 Å². The molecule has 0 fully saturated rings. The van der Waals surface area contributed by atoms with Gasteiger partial charge in [-0.2, -0.15) is 0 Å². The number of nitrogens with one attached hydrogen (secondary N) is 1. The van der Waals surface area contributed by atoms with E-state index in [1.54, 1.807) is 12.1 Å². The normalized spacial score (nSPS) is 10.3. The molecular weight excluding hydrogens is 241 g/mol. The molecule has 0 aromatic heterocycles. The molecule has 0 aliphatic heterocycles. The predicted molar refractivity (Wildman–Crippen MR) is 73.5 cm³/mol. The SMILES string of the molecule is Cc1ccc(C(=O)NCc2cccc(F)c2)c(C)c1. The average Bonchev–Trinajstić information content (AvgIpc) is 2.36. The van der Waals surface area contributed by atoms with Gasteiger partial charge in [0, 0.05) is 12.1 Å². The molecule has 2 aromatic rings. The van der Waals surface area contributed by atoms with Gasteiger partial charge in [-0.05, 0) is 43.2 Å². The molecule has 0 aliphatic rings. The van der Waals surface area contributed by atoms with E-state index in [-0.39, 0.29) is 11.7 Å². The van der Waals surface area contributed by atoms with E-state index < -0.39 is 0 Å². The monoisotopic (exact) mass is 257 g/mol. The van der Waals surface area contributed by atoms with E-state index in [4.69, 9.17) is 0 Å². The molecule has 0 radical (unpaired) electrons. The molecule has 0 heterocycles. The maximum Gasteiger partial charge on any atom is 0.251 e. The maximum atomic E-state index is 13.0. The van der Waals surface area contributed by atoms with Crippen LogP contribution in [0.15, 0.2) is 42.5 Å². The number of carbonyl (C=O) groups is 1. The van der Waals surface area contributed by atoms with Crippen molar-refractivity contribution in [3.63, 3.8) is 0 Å². The molecule has 0 aliphatic carbocycles. The maximum absolute atomic E-state index is 13.0. The topological polar surface area (TPSA) is 29.1 Å². The van der Waals surface area contributed by atoms with Crippen molar-refractivity contribution in [1.82, 2.24) is 5.32 Å². The molecule has 0 saturated carbocycles. The standard InChI is InChI=1S/C16H16FNO/c1-11-6-7-15(12(2)8-11)16(19)18-10-13-4-3-5-14(17)9-13/h3-9H,10H2,1-2H3,(H,18,19). The van der Waals surface area contributed by atoms with Gasteiger partial charge in [0.2, 0.25) is 0 Å². The van der Waals surface area contributed by atoms with Gasteiger partial charge in [-0.15, -0.1) is 0 Å². The summed E-state index contributed by atoms with van der Waals surface area (Å²) in [5, 5.41) is 2.80. The highest BCUT2D eigenvalue weighted by molar-refractivity contribution is 5.95. The van der Waals surface area contributed by atoms with E-state index in [1.807, 2.05) is 32.0 Å². The Hall–Kier alpha value is -2.16. The number of rotatable bonds is 3. The molecule has 19 heavy (non-hydrogen) atoms. The number of hydrogen-bond donors (Lipinski definition) is 1. The first-order valence-electron chi connectivity index (χ1n) is 6.16. The van der Waals surface area contributed by atoms with Gasteiger partial charge >= 0.3 is 0 Å². The zero-order valence-electron chi connectivity index (χ0n) is 11.0. The van der Waals surface area contributed by atoms with Crippen LogP contribution in [0.3, 0.4) is 0 Å². The van der Waals surface area contributed by atoms with Crippen LogP contribution in [0.5, 0.6) is 0 Å². The van der Waals surface area contributed by atoms with E-state index >= 15 is 0 Å². The second-order valence-corrected chi connectivity index (χ2v) is 4.63. The first-order valence-corrected chi connectivity index (χ1v) is 6.16. The fourth-order valence-corrected chi connectivity index (χ4v) is 1.99. The van der Waals surface area contributed by atoms with E-state index in [2.05, 4.69) is 5.32 Å². The second-order valence-electron chi connectivity index (χ2n) is 4.63. The molecule has 0 spiro atoms. The fraction of sp³-hybridized carbons (Fsp3) is 0.188. The van der Waals surface area contributed by atoms with E-state index in [9.17, 15) is 9.18 Å². The predicted octanol–water partition coefficient (Wildman–Crippen LogP) is 3.37. The summed E-state index contributed by atoms with van der Waals surface area (Å²) in [4.78, 5) is 12.0. The molecule has 1 amide bonds. The Balaban J connectivity index is 2.05. The Labute approximate surface area is 112 Å². The summed E-state index contributed by atoms with van der Waals surface area (Å²) in [6.45, 7) is 4.22. The van der Waals surface area contributed by atoms with Crippen molar-refractivity contribution in [1.29, 1.82) is 0 Å². The van der Waals surface area contributed by atoms with Crippen molar-refractivity contribution in [2.24, 2.45) is 0 Å². The van der Waals surface area contributed by atoms with Crippen molar-refractivity contribution in [3.8, 4) is 0 Å². The van der Waals surface area contributed by atoms with Gasteiger partial charge in [0.1, 0.15) is 5.82 Å². The summed E-state index contributed by atoms with van der Waals surface area (Å²) >= 11 is 0. The summed E-state index contributed by atoms with van der Waals surface area (Å²) in [5.74, 6) is -0.431. The number of hydrogen-bond acceptors (Lipinski definition) is 1. The summed E-state index contributed by atoms with van der Waals surface area (Å²) in [5.41, 5.74) is 3.47. The fourth-order valence-electron chi connectivity index (χ4n) is 1.99. The van der Waals surface area contributed by atoms with Crippen molar-refractivity contribution < 1.29 is 9.18 Å². The summed E-state index contributed by atoms with van der Waals surface area (Å²) in [6, 6.07) is 11.9. The Morgan fingerprint density at radius 1 is 1.16 bits per heavy atom. The zero-order valence-corrected chi connectivity index (χ0v) is 11.0. The minimum absolute atomic E-state index is 0.137. The quantitative estimate of drug-likeness (QED) is 0.897. The molecular formula is C16H16FNO. The van der Waals surface area contributed by atoms with Crippen LogP contribution in [-0.2, 0) is 6.54 Å². The van der Waals surface area contributed by atoms with Crippen molar-refractivity contribution in [2.45, 2.75) is 20.4 Å². The van der Waals surface area contributed by atoms with Gasteiger partial charge in [0.25, 0.3) is 5.91 Å². The Morgan fingerprint density at radius 3 is 2.63 bits per heavy atom. The van der Waals surface area contributed by atoms with E-state index in [0.29, 0.717) is 12.1 Å². The molecule has 0 saturated heterocycles. The molecule has 2 rings (SSSR count). The largest absolute Gasteiger partial charge is 0.348 e. The summed E-state index contributed by atoms with van der Waals surface area (Å²) in [7, 11) is 0. The average molecular weight is 257 g/mol. The van der Waals surface area contributed by atoms with Gasteiger partial charge in [0.05, 0.1) is 0 Å². The third kappa shape index (κ3) is 3.41. The van der Waals surface area contributed by atoms with Crippen molar-refractivity contribution in [2.75, 3.05) is 0 Å². The van der Waals surface area contributed by atoms with Gasteiger partial charge in [-0.25, -0.2) is 4.39 Å². The van der Waals surface area contributed by atoms with Crippen molar-refractivity contribution in [3.05, 3.63) is 70.5 Å². The zero-order chi connectivity index (χ0) is 13.8. The Bertz CT molecular complexity index is 607. The highest BCUT2D eigenvalue weighted by Crippen LogP contribution is 2.11. The number of benzene rings is 2. The van der Waals surface area contributed by atoms with Crippen LogP contribution in [0.1, 0.15) is 27.0 Å². The molecule has 98 valence electrons. The van der Waals surface area contributed by atoms with Crippen LogP contribution in [0.4, 0.5) is 4.39 Å². The minimum atomic E-state index is -0.293. The minimum Gasteiger partial charge on any atom is -0.348 e. The number of halogens is 1. The van der Waals surface area contributed by atoms with Gasteiger partial charge in [0.15, 0.2) is 0 Å². The molecule has 1 N–H and O–H groups in total. The highest BCUT2D eigenvalue weighted by Gasteiger charge is 2.08. The van der Waals surface area contributed by atoms with Crippen LogP contribution in [0.2, 0.25) is 0 Å². The third-order valence-electron chi connectivity index (χ3n) is 2.97. The van der Waals surface area contributed by atoms with Gasteiger partial charge in [-0.1, -0.05) is 29.8 Å². The Kier molecular flexibility index (Phi) is 3.95. The van der Waals surface area contributed by atoms with Crippen LogP contribution in [0, 0.1) is 19.7 Å². The van der Waals surface area contributed by atoms with Crippen LogP contribution >= 0.6 is 0 Å². The van der Waals surface area contributed by atoms with Gasteiger partial charge in [-0.3, -0.25) is 4.79 Å².